The van der Waals surface area contributed by atoms with Gasteiger partial charge in [0, 0.05) is 36.6 Å². The Bertz CT molecular complexity index is 1330. The van der Waals surface area contributed by atoms with E-state index in [4.69, 9.17) is 0 Å². The molecule has 0 aliphatic carbocycles. The summed E-state index contributed by atoms with van der Waals surface area (Å²) in [5, 5.41) is 16.7. The van der Waals surface area contributed by atoms with Crippen molar-refractivity contribution in [3.8, 4) is 11.8 Å². The molecule has 3 heterocycles. The largest absolute Gasteiger partial charge is 0.378 e. The molecule has 4 rings (SSSR count). The first-order valence-corrected chi connectivity index (χ1v) is 11.2. The summed E-state index contributed by atoms with van der Waals surface area (Å²) in [6.07, 6.45) is 4.39. The molecule has 180 valence electrons. The molecule has 0 spiro atoms. The van der Waals surface area contributed by atoms with Gasteiger partial charge in [-0.3, -0.25) is 4.79 Å². The normalized spacial score (nSPS) is 15.6. The zero-order valence-corrected chi connectivity index (χ0v) is 19.7. The Hall–Kier alpha value is -4.03. The van der Waals surface area contributed by atoms with E-state index in [9.17, 15) is 19.1 Å². The predicted molar refractivity (Wildman–Crippen MR) is 128 cm³/mol. The number of hydrogen-bond acceptors (Lipinski definition) is 5. The molecule has 0 fully saturated rings. The Morgan fingerprint density at radius 3 is 2.86 bits per heavy atom. The quantitative estimate of drug-likeness (QED) is 0.448. The second kappa shape index (κ2) is 9.68. The molecule has 0 saturated heterocycles. The molecule has 1 aliphatic rings. The van der Waals surface area contributed by atoms with E-state index in [0.717, 1.165) is 15.9 Å². The fraction of sp³-hybridized carbons (Fsp3) is 0.308. The van der Waals surface area contributed by atoms with Gasteiger partial charge in [-0.2, -0.15) is 14.2 Å². The number of nitrogens with zero attached hydrogens (tertiary/aromatic N) is 4. The van der Waals surface area contributed by atoms with E-state index >= 15 is 0 Å². The van der Waals surface area contributed by atoms with Gasteiger partial charge in [0.15, 0.2) is 0 Å². The molecule has 0 unspecified atom stereocenters. The SMILES string of the molecule is CN1C(=O)[C@@H](NC(=O)n2cc(Cc3cccc(F)n3)cn2)CCc2ccc(C#CC(C)(C)O)cc21. The number of nitrogens with one attached hydrogen (secondary N) is 1. The molecule has 0 bridgehead atoms. The fourth-order valence-electron chi connectivity index (χ4n) is 3.84. The van der Waals surface area contributed by atoms with Crippen molar-refractivity contribution in [1.29, 1.82) is 0 Å². The maximum absolute atomic E-state index is 13.3. The summed E-state index contributed by atoms with van der Waals surface area (Å²) in [5.41, 5.74) is 2.47. The molecule has 1 aromatic carbocycles. The molecule has 9 heteroatoms. The number of aryl methyl sites for hydroxylation is 1. The van der Waals surface area contributed by atoms with Gasteiger partial charge in [-0.1, -0.05) is 24.0 Å². The van der Waals surface area contributed by atoms with Crippen molar-refractivity contribution in [3.63, 3.8) is 0 Å². The van der Waals surface area contributed by atoms with E-state index < -0.39 is 23.6 Å². The van der Waals surface area contributed by atoms with Crippen molar-refractivity contribution in [2.45, 2.75) is 44.8 Å². The highest BCUT2D eigenvalue weighted by Crippen LogP contribution is 2.27. The van der Waals surface area contributed by atoms with Crippen LogP contribution < -0.4 is 10.2 Å². The first-order valence-electron chi connectivity index (χ1n) is 11.2. The van der Waals surface area contributed by atoms with Crippen molar-refractivity contribution in [1.82, 2.24) is 20.1 Å². The highest BCUT2D eigenvalue weighted by Gasteiger charge is 2.30. The summed E-state index contributed by atoms with van der Waals surface area (Å²) in [5.74, 6) is 4.89. The molecular formula is C26H26FN5O3. The summed E-state index contributed by atoms with van der Waals surface area (Å²) < 4.78 is 14.5. The number of benzene rings is 1. The van der Waals surface area contributed by atoms with Crippen molar-refractivity contribution in [2.24, 2.45) is 0 Å². The number of halogens is 1. The van der Waals surface area contributed by atoms with Crippen LogP contribution in [-0.2, 0) is 17.6 Å². The van der Waals surface area contributed by atoms with E-state index in [1.54, 1.807) is 33.0 Å². The number of aromatic nitrogens is 3. The number of carbonyl (C=O) groups is 2. The first kappa shape index (κ1) is 24.1. The summed E-state index contributed by atoms with van der Waals surface area (Å²) >= 11 is 0. The van der Waals surface area contributed by atoms with Gasteiger partial charge in [-0.05, 0) is 62.1 Å². The van der Waals surface area contributed by atoms with E-state index in [1.165, 1.54) is 23.4 Å². The van der Waals surface area contributed by atoms with Crippen molar-refractivity contribution in [2.75, 3.05) is 11.9 Å². The average molecular weight is 476 g/mol. The third-order valence-corrected chi connectivity index (χ3v) is 5.59. The molecule has 2 aromatic heterocycles. The average Bonchev–Trinajstić information content (AvgIpc) is 3.23. The molecule has 1 aliphatic heterocycles. The molecule has 1 atom stereocenters. The van der Waals surface area contributed by atoms with Crippen LogP contribution in [-0.4, -0.2) is 50.5 Å². The molecule has 35 heavy (non-hydrogen) atoms. The van der Waals surface area contributed by atoms with Crippen LogP contribution in [0.25, 0.3) is 0 Å². The van der Waals surface area contributed by atoms with Crippen LogP contribution in [0.4, 0.5) is 14.9 Å². The second-order valence-electron chi connectivity index (χ2n) is 9.01. The lowest BCUT2D eigenvalue weighted by molar-refractivity contribution is -0.120. The van der Waals surface area contributed by atoms with Crippen LogP contribution in [0.15, 0.2) is 48.8 Å². The van der Waals surface area contributed by atoms with E-state index in [0.29, 0.717) is 36.1 Å². The van der Waals surface area contributed by atoms with E-state index in [-0.39, 0.29) is 5.91 Å². The number of fused-ring (bicyclic) bond motifs is 1. The minimum atomic E-state index is -1.12. The number of carbonyl (C=O) groups excluding carboxylic acids is 2. The lowest BCUT2D eigenvalue weighted by Gasteiger charge is -2.22. The Labute approximate surface area is 202 Å². The molecule has 2 N–H and O–H groups in total. The lowest BCUT2D eigenvalue weighted by atomic mass is 10.0. The number of hydrogen-bond donors (Lipinski definition) is 2. The Kier molecular flexibility index (Phi) is 6.67. The first-order chi connectivity index (χ1) is 16.6. The standard InChI is InChI=1S/C26H26FN5O3/c1-26(2,35)12-11-17-7-8-19-9-10-21(24(33)31(3)22(19)14-17)30-25(34)32-16-18(15-28-32)13-20-5-4-6-23(27)29-20/h4-8,14-16,21,35H,9-10,13H2,1-3H3,(H,30,34)/t21-/m0/s1. The van der Waals surface area contributed by atoms with Gasteiger partial charge < -0.3 is 15.3 Å². The van der Waals surface area contributed by atoms with Crippen LogP contribution in [0.2, 0.25) is 0 Å². The Morgan fingerprint density at radius 1 is 1.31 bits per heavy atom. The Morgan fingerprint density at radius 2 is 2.11 bits per heavy atom. The predicted octanol–water partition coefficient (Wildman–Crippen LogP) is 2.67. The van der Waals surface area contributed by atoms with Gasteiger partial charge >= 0.3 is 6.03 Å². The van der Waals surface area contributed by atoms with Gasteiger partial charge in [-0.15, -0.1) is 0 Å². The molecular weight excluding hydrogens is 449 g/mol. The van der Waals surface area contributed by atoms with Gasteiger partial charge in [0.05, 0.1) is 6.20 Å². The van der Waals surface area contributed by atoms with Crippen molar-refractivity contribution in [3.05, 3.63) is 77.1 Å². The van der Waals surface area contributed by atoms with Gasteiger partial charge in [0.1, 0.15) is 11.6 Å². The van der Waals surface area contributed by atoms with E-state index in [2.05, 4.69) is 27.2 Å². The number of pyridine rings is 1. The minimum absolute atomic E-state index is 0.249. The second-order valence-corrected chi connectivity index (χ2v) is 9.01. The van der Waals surface area contributed by atoms with Crippen LogP contribution in [0.1, 0.15) is 42.7 Å². The lowest BCUT2D eigenvalue weighted by Crippen LogP contribution is -2.48. The maximum atomic E-state index is 13.3. The van der Waals surface area contributed by atoms with Gasteiger partial charge in [-0.25, -0.2) is 9.78 Å². The van der Waals surface area contributed by atoms with Crippen molar-refractivity contribution < 1.29 is 19.1 Å². The summed E-state index contributed by atoms with van der Waals surface area (Å²) in [6.45, 7) is 3.21. The molecule has 0 saturated carbocycles. The van der Waals surface area contributed by atoms with Crippen molar-refractivity contribution >= 4 is 17.6 Å². The topological polar surface area (TPSA) is 100 Å². The van der Waals surface area contributed by atoms with Crippen LogP contribution in [0, 0.1) is 17.8 Å². The van der Waals surface area contributed by atoms with Crippen LogP contribution in [0.5, 0.6) is 0 Å². The molecule has 8 nitrogen and oxygen atoms in total. The molecule has 2 amide bonds. The maximum Gasteiger partial charge on any atom is 0.342 e. The number of amides is 2. The van der Waals surface area contributed by atoms with Crippen LogP contribution >= 0.6 is 0 Å². The summed E-state index contributed by atoms with van der Waals surface area (Å²) in [7, 11) is 1.66. The monoisotopic (exact) mass is 475 g/mol. The zero-order valence-electron chi connectivity index (χ0n) is 19.7. The summed E-state index contributed by atoms with van der Waals surface area (Å²) in [4.78, 5) is 31.3. The Balaban J connectivity index is 1.45. The number of likely N-dealkylation sites (N-methyl/N-ethyl adjacent to an activating group) is 1. The van der Waals surface area contributed by atoms with Crippen LogP contribution in [0.3, 0.4) is 0 Å². The van der Waals surface area contributed by atoms with E-state index in [1.807, 2.05) is 18.2 Å². The minimum Gasteiger partial charge on any atom is -0.378 e. The molecule has 0 radical (unpaired) electrons. The number of aliphatic hydroxyl groups is 1. The number of rotatable bonds is 3. The smallest absolute Gasteiger partial charge is 0.342 e. The number of anilines is 1. The fourth-order valence-corrected chi connectivity index (χ4v) is 3.84. The highest BCUT2D eigenvalue weighted by molar-refractivity contribution is 6.00. The highest BCUT2D eigenvalue weighted by atomic mass is 19.1. The van der Waals surface area contributed by atoms with Gasteiger partial charge in [0.2, 0.25) is 11.9 Å². The molecule has 3 aromatic rings. The summed E-state index contributed by atoms with van der Waals surface area (Å²) in [6, 6.07) is 8.86. The third kappa shape index (κ3) is 5.91. The zero-order chi connectivity index (χ0) is 25.2. The van der Waals surface area contributed by atoms with Gasteiger partial charge in [0.25, 0.3) is 0 Å². The third-order valence-electron chi connectivity index (χ3n) is 5.59.